The van der Waals surface area contributed by atoms with Crippen molar-refractivity contribution in [3.63, 3.8) is 0 Å². The fourth-order valence-corrected chi connectivity index (χ4v) is 3.27. The summed E-state index contributed by atoms with van der Waals surface area (Å²) in [5, 5.41) is 13.2. The average Bonchev–Trinajstić information content (AvgIpc) is 2.71. The lowest BCUT2D eigenvalue weighted by molar-refractivity contribution is -0.384. The van der Waals surface area contributed by atoms with Crippen molar-refractivity contribution >= 4 is 33.3 Å². The first-order valence-corrected chi connectivity index (χ1v) is 9.46. The van der Waals surface area contributed by atoms with Gasteiger partial charge in [-0.2, -0.15) is 0 Å². The van der Waals surface area contributed by atoms with Crippen LogP contribution in [0.1, 0.15) is 10.4 Å². The third kappa shape index (κ3) is 5.42. The first kappa shape index (κ1) is 21.6. The zero-order valence-corrected chi connectivity index (χ0v) is 16.2. The number of hydrogen-bond donors (Lipinski definition) is 2. The number of nitrogens with one attached hydrogen (secondary N) is 2. The predicted octanol–water partition coefficient (Wildman–Crippen LogP) is 1.31. The molecule has 2 rings (SSSR count). The van der Waals surface area contributed by atoms with Gasteiger partial charge in [0.15, 0.2) is 0 Å². The Morgan fingerprint density at radius 2 is 1.76 bits per heavy atom. The molecule has 0 saturated carbocycles. The number of carbonyl (C=O) groups excluding carboxylic acids is 2. The van der Waals surface area contributed by atoms with Crippen molar-refractivity contribution < 1.29 is 32.4 Å². The van der Waals surface area contributed by atoms with Crippen LogP contribution in [-0.2, 0) is 19.6 Å². The van der Waals surface area contributed by atoms with E-state index in [1.54, 1.807) is 0 Å². The Kier molecular flexibility index (Phi) is 6.72. The molecular formula is C17H17N3O8S. The first-order chi connectivity index (χ1) is 13.7. The molecule has 0 spiro atoms. The molecule has 0 fully saturated rings. The van der Waals surface area contributed by atoms with E-state index in [1.807, 2.05) is 0 Å². The van der Waals surface area contributed by atoms with Crippen molar-refractivity contribution in [1.82, 2.24) is 5.32 Å². The summed E-state index contributed by atoms with van der Waals surface area (Å²) in [4.78, 5) is 33.1. The Balaban J connectivity index is 2.22. The number of carbonyl (C=O) groups is 2. The van der Waals surface area contributed by atoms with Crippen molar-refractivity contribution in [3.8, 4) is 5.75 Å². The number of non-ortho nitro benzene ring substituents is 1. The molecule has 0 aliphatic carbocycles. The second kappa shape index (κ2) is 9.01. The van der Waals surface area contributed by atoms with Gasteiger partial charge in [-0.1, -0.05) is 0 Å². The maximum Gasteiger partial charge on any atom is 0.325 e. The highest BCUT2D eigenvalue weighted by Gasteiger charge is 2.20. The number of methoxy groups -OCH3 is 2. The van der Waals surface area contributed by atoms with Gasteiger partial charge in [-0.25, -0.2) is 8.42 Å². The van der Waals surface area contributed by atoms with E-state index in [9.17, 15) is 28.1 Å². The standard InChI is InChI=1S/C17H17N3O8S/c1-27-15-8-5-12(20(23)24)9-14(15)19-29(25,26)13-6-3-11(4-7-13)17(22)18-10-16(21)28-2/h3-9,19H,10H2,1-2H3,(H,18,22). The SMILES string of the molecule is COC(=O)CNC(=O)c1ccc(S(=O)(=O)Nc2cc([N+](=O)[O-])ccc2OC)cc1. The van der Waals surface area contributed by atoms with Gasteiger partial charge in [0.1, 0.15) is 12.3 Å². The molecule has 12 heteroatoms. The fraction of sp³-hybridized carbons (Fsp3) is 0.176. The highest BCUT2D eigenvalue weighted by molar-refractivity contribution is 7.92. The van der Waals surface area contributed by atoms with Crippen LogP contribution in [0.5, 0.6) is 5.75 Å². The quantitative estimate of drug-likeness (QED) is 0.366. The number of hydrogen-bond acceptors (Lipinski definition) is 8. The molecule has 0 aliphatic rings. The van der Waals surface area contributed by atoms with E-state index in [0.29, 0.717) is 0 Å². The second-order valence-electron chi connectivity index (χ2n) is 5.53. The number of esters is 1. The summed E-state index contributed by atoms with van der Waals surface area (Å²) in [6, 6.07) is 8.35. The lowest BCUT2D eigenvalue weighted by Gasteiger charge is -2.12. The normalized spacial score (nSPS) is 10.7. The maximum atomic E-state index is 12.6. The van der Waals surface area contributed by atoms with E-state index >= 15 is 0 Å². The molecule has 2 aromatic rings. The molecule has 0 aliphatic heterocycles. The van der Waals surface area contributed by atoms with Gasteiger partial charge in [-0.3, -0.25) is 24.4 Å². The van der Waals surface area contributed by atoms with E-state index in [4.69, 9.17) is 4.74 Å². The number of nitro benzene ring substituents is 1. The molecule has 0 radical (unpaired) electrons. The van der Waals surface area contributed by atoms with Gasteiger partial charge in [0.25, 0.3) is 21.6 Å². The number of nitrogens with zero attached hydrogens (tertiary/aromatic N) is 1. The van der Waals surface area contributed by atoms with Crippen molar-refractivity contribution in [2.45, 2.75) is 4.90 Å². The van der Waals surface area contributed by atoms with Crippen LogP contribution >= 0.6 is 0 Å². The van der Waals surface area contributed by atoms with Gasteiger partial charge in [0, 0.05) is 17.7 Å². The van der Waals surface area contributed by atoms with Crippen LogP contribution in [0.4, 0.5) is 11.4 Å². The molecule has 29 heavy (non-hydrogen) atoms. The molecule has 11 nitrogen and oxygen atoms in total. The minimum absolute atomic E-state index is 0.0954. The van der Waals surface area contributed by atoms with Gasteiger partial charge >= 0.3 is 5.97 Å². The van der Waals surface area contributed by atoms with Crippen LogP contribution in [0.2, 0.25) is 0 Å². The van der Waals surface area contributed by atoms with E-state index in [0.717, 1.165) is 6.07 Å². The highest BCUT2D eigenvalue weighted by Crippen LogP contribution is 2.30. The molecular weight excluding hydrogens is 406 g/mol. The average molecular weight is 423 g/mol. The zero-order chi connectivity index (χ0) is 21.6. The molecule has 0 heterocycles. The minimum atomic E-state index is -4.12. The van der Waals surface area contributed by atoms with Crippen LogP contribution in [0, 0.1) is 10.1 Å². The maximum absolute atomic E-state index is 12.6. The Bertz CT molecular complexity index is 1040. The molecule has 2 N–H and O–H groups in total. The summed E-state index contributed by atoms with van der Waals surface area (Å²) in [5.41, 5.74) is -0.302. The lowest BCUT2D eigenvalue weighted by Crippen LogP contribution is -2.30. The number of sulfonamides is 1. The van der Waals surface area contributed by atoms with E-state index in [1.165, 1.54) is 50.6 Å². The molecule has 0 bridgehead atoms. The van der Waals surface area contributed by atoms with Gasteiger partial charge in [-0.15, -0.1) is 0 Å². The molecule has 1 amide bonds. The summed E-state index contributed by atoms with van der Waals surface area (Å²) in [6.45, 7) is -0.330. The number of anilines is 1. The third-order valence-corrected chi connectivity index (χ3v) is 5.07. The largest absolute Gasteiger partial charge is 0.495 e. The topological polar surface area (TPSA) is 154 Å². The van der Waals surface area contributed by atoms with Crippen LogP contribution < -0.4 is 14.8 Å². The van der Waals surface area contributed by atoms with Crippen molar-refractivity contribution in [3.05, 3.63) is 58.1 Å². The highest BCUT2D eigenvalue weighted by atomic mass is 32.2. The van der Waals surface area contributed by atoms with Crippen molar-refractivity contribution in [2.24, 2.45) is 0 Å². The second-order valence-corrected chi connectivity index (χ2v) is 7.21. The molecule has 0 saturated heterocycles. The molecule has 0 aromatic heterocycles. The summed E-state index contributed by atoms with van der Waals surface area (Å²) in [5.74, 6) is -1.13. The summed E-state index contributed by atoms with van der Waals surface area (Å²) in [6.07, 6.45) is 0. The molecule has 0 unspecified atom stereocenters. The Morgan fingerprint density at radius 3 is 2.31 bits per heavy atom. The fourth-order valence-electron chi connectivity index (χ4n) is 2.21. The Hall–Kier alpha value is -3.67. The number of rotatable bonds is 8. The van der Waals surface area contributed by atoms with Crippen LogP contribution in [0.25, 0.3) is 0 Å². The van der Waals surface area contributed by atoms with Crippen molar-refractivity contribution in [2.75, 3.05) is 25.5 Å². The van der Waals surface area contributed by atoms with Crippen LogP contribution in [0.3, 0.4) is 0 Å². The molecule has 154 valence electrons. The lowest BCUT2D eigenvalue weighted by atomic mass is 10.2. The summed E-state index contributed by atoms with van der Waals surface area (Å²) < 4.78 is 36.8. The molecule has 0 atom stereocenters. The van der Waals surface area contributed by atoms with E-state index in [-0.39, 0.29) is 34.1 Å². The zero-order valence-electron chi connectivity index (χ0n) is 15.4. The number of amides is 1. The smallest absolute Gasteiger partial charge is 0.325 e. The van der Waals surface area contributed by atoms with E-state index < -0.39 is 26.8 Å². The Morgan fingerprint density at radius 1 is 1.10 bits per heavy atom. The van der Waals surface area contributed by atoms with Gasteiger partial charge in [0.2, 0.25) is 0 Å². The summed E-state index contributed by atoms with van der Waals surface area (Å²) in [7, 11) is -1.65. The third-order valence-electron chi connectivity index (χ3n) is 3.69. The van der Waals surface area contributed by atoms with Crippen LogP contribution in [0.15, 0.2) is 47.4 Å². The first-order valence-electron chi connectivity index (χ1n) is 7.98. The van der Waals surface area contributed by atoms with Gasteiger partial charge in [0.05, 0.1) is 29.7 Å². The minimum Gasteiger partial charge on any atom is -0.495 e. The van der Waals surface area contributed by atoms with Crippen molar-refractivity contribution in [1.29, 1.82) is 0 Å². The molecule has 2 aromatic carbocycles. The monoisotopic (exact) mass is 423 g/mol. The predicted molar refractivity (Wildman–Crippen MR) is 101 cm³/mol. The van der Waals surface area contributed by atoms with Gasteiger partial charge in [-0.05, 0) is 30.3 Å². The number of nitro groups is 1. The summed E-state index contributed by atoms with van der Waals surface area (Å²) >= 11 is 0. The number of benzene rings is 2. The van der Waals surface area contributed by atoms with Crippen LogP contribution in [-0.4, -0.2) is 46.0 Å². The van der Waals surface area contributed by atoms with E-state index in [2.05, 4.69) is 14.8 Å². The number of ether oxygens (including phenoxy) is 2. The Labute approximate surface area is 165 Å². The van der Waals surface area contributed by atoms with Gasteiger partial charge < -0.3 is 14.8 Å².